The molecule has 0 bridgehead atoms. The zero-order valence-corrected chi connectivity index (χ0v) is 23.4. The van der Waals surface area contributed by atoms with E-state index in [0.717, 1.165) is 11.4 Å². The van der Waals surface area contributed by atoms with Gasteiger partial charge in [0.25, 0.3) is 0 Å². The molecule has 0 radical (unpaired) electrons. The Balaban J connectivity index is 0.000000146. The number of hydrogen-bond acceptors (Lipinski definition) is 1. The van der Waals surface area contributed by atoms with E-state index < -0.39 is 0 Å². The van der Waals surface area contributed by atoms with E-state index in [1.54, 1.807) is 0 Å². The third kappa shape index (κ3) is 5.46. The van der Waals surface area contributed by atoms with Gasteiger partial charge in [-0.1, -0.05) is 164 Å². The predicted octanol–water partition coefficient (Wildman–Crippen LogP) is 5.84. The van der Waals surface area contributed by atoms with Crippen molar-refractivity contribution >= 4 is 27.2 Å². The average molecular weight is 511 g/mol. The Morgan fingerprint density at radius 2 is 1.11 bits per heavy atom. The lowest BCUT2D eigenvalue weighted by molar-refractivity contribution is 0.590. The zero-order chi connectivity index (χ0) is 25.6. The molecule has 2 nitrogen and oxygen atoms in total. The summed E-state index contributed by atoms with van der Waals surface area (Å²) in [5.74, 6) is 0.866. The molecule has 0 unspecified atom stereocenters. The van der Waals surface area contributed by atoms with E-state index in [4.69, 9.17) is 0 Å². The molecular weight excluding hydrogens is 475 g/mol. The molecule has 2 aliphatic rings. The van der Waals surface area contributed by atoms with Gasteiger partial charge in [0, 0.05) is 12.4 Å². The largest absolute Gasteiger partial charge is 0.327 e. The number of nitrogens with zero attached hydrogens (tertiary/aromatic N) is 2. The summed E-state index contributed by atoms with van der Waals surface area (Å²) in [5, 5.41) is -0.0137. The second kappa shape index (κ2) is 11.4. The van der Waals surface area contributed by atoms with Crippen LogP contribution in [0.4, 0.5) is 0 Å². The first-order valence-electron chi connectivity index (χ1n) is 14.0. The van der Waals surface area contributed by atoms with E-state index in [9.17, 15) is 0 Å². The summed E-state index contributed by atoms with van der Waals surface area (Å²) in [7, 11) is -0.378. The van der Waals surface area contributed by atoms with Crippen LogP contribution in [0.2, 0.25) is 11.4 Å². The fraction of sp³-hybridized carbons (Fsp3) is 0.206. The zero-order valence-electron chi connectivity index (χ0n) is 21.9. The van der Waals surface area contributed by atoms with E-state index in [-0.39, 0.29) is 14.7 Å². The molecule has 5 aromatic rings. The minimum Gasteiger partial charge on any atom is -0.327 e. The smallest absolute Gasteiger partial charge is 0.212 e. The van der Waals surface area contributed by atoms with Gasteiger partial charge in [0.1, 0.15) is 0 Å². The van der Waals surface area contributed by atoms with Gasteiger partial charge in [-0.15, -0.1) is 0 Å². The topological polar surface area (TPSA) is 17.8 Å². The molecule has 4 heteroatoms. The van der Waals surface area contributed by atoms with Gasteiger partial charge in [-0.3, -0.25) is 0 Å². The molecule has 1 aromatic heterocycles. The molecule has 0 aliphatic heterocycles. The number of rotatable bonds is 8. The third-order valence-electron chi connectivity index (χ3n) is 8.14. The number of imidazole rings is 1. The van der Waals surface area contributed by atoms with Crippen molar-refractivity contribution in [1.29, 1.82) is 0 Å². The fourth-order valence-electron chi connectivity index (χ4n) is 5.95. The van der Waals surface area contributed by atoms with Gasteiger partial charge in [-0.2, -0.15) is 0 Å². The molecule has 7 rings (SSSR count). The Morgan fingerprint density at radius 1 is 0.632 bits per heavy atom. The van der Waals surface area contributed by atoms with Gasteiger partial charge in [-0.05, 0) is 16.7 Å². The third-order valence-corrected chi connectivity index (χ3v) is 11.3. The Labute approximate surface area is 229 Å². The minimum atomic E-state index is -0.378. The first kappa shape index (κ1) is 24.7. The molecular formula is C34H35BN2Si. The Hall–Kier alpha value is -3.63. The molecule has 0 N–H and O–H groups in total. The summed E-state index contributed by atoms with van der Waals surface area (Å²) < 4.78 is 2.35. The normalized spacial score (nSPS) is 15.2. The molecule has 0 atom stereocenters. The van der Waals surface area contributed by atoms with Crippen molar-refractivity contribution in [2.45, 2.75) is 42.2 Å². The van der Waals surface area contributed by atoms with Gasteiger partial charge in [0.05, 0.1) is 21.0 Å². The van der Waals surface area contributed by atoms with Crippen molar-refractivity contribution < 1.29 is 0 Å². The van der Waals surface area contributed by atoms with E-state index in [1.807, 2.05) is 12.5 Å². The van der Waals surface area contributed by atoms with Crippen LogP contribution in [0.3, 0.4) is 0 Å². The highest BCUT2D eigenvalue weighted by molar-refractivity contribution is 6.86. The van der Waals surface area contributed by atoms with Gasteiger partial charge < -0.3 is 4.57 Å². The summed E-state index contributed by atoms with van der Waals surface area (Å²) in [6.07, 6.45) is 11.6. The van der Waals surface area contributed by atoms with Crippen LogP contribution in [0.1, 0.15) is 36.8 Å². The monoisotopic (exact) mass is 510 g/mol. The summed E-state index contributed by atoms with van der Waals surface area (Å²) in [6.45, 7) is 0.613. The van der Waals surface area contributed by atoms with Gasteiger partial charge in [-0.25, -0.2) is 4.98 Å². The van der Waals surface area contributed by atoms with Crippen LogP contribution in [0.25, 0.3) is 0 Å². The van der Waals surface area contributed by atoms with Crippen LogP contribution in [0, 0.1) is 0 Å². The molecule has 0 saturated heterocycles. The highest BCUT2D eigenvalue weighted by Gasteiger charge is 2.41. The van der Waals surface area contributed by atoms with Crippen molar-refractivity contribution in [3.63, 3.8) is 0 Å². The van der Waals surface area contributed by atoms with Crippen LogP contribution in [-0.2, 0) is 5.16 Å². The summed E-state index contributed by atoms with van der Waals surface area (Å²) in [5.41, 5.74) is 6.69. The fourth-order valence-corrected chi connectivity index (χ4v) is 8.77. The second-order valence-corrected chi connectivity index (χ2v) is 13.4. The number of benzene rings is 4. The molecule has 2 fully saturated rings. The lowest BCUT2D eigenvalue weighted by atomic mass is 9.37. The van der Waals surface area contributed by atoms with Crippen molar-refractivity contribution in [1.82, 2.24) is 9.55 Å². The number of aromatic nitrogens is 2. The first-order chi connectivity index (χ1) is 18.8. The second-order valence-electron chi connectivity index (χ2n) is 10.8. The van der Waals surface area contributed by atoms with Crippen LogP contribution < -0.4 is 10.9 Å². The van der Waals surface area contributed by atoms with Crippen LogP contribution in [0.15, 0.2) is 140 Å². The van der Waals surface area contributed by atoms with Gasteiger partial charge in [0.2, 0.25) is 6.71 Å². The molecule has 1 heterocycles. The molecule has 2 saturated carbocycles. The highest BCUT2D eigenvalue weighted by Crippen LogP contribution is 2.44. The predicted molar refractivity (Wildman–Crippen MR) is 164 cm³/mol. The Morgan fingerprint density at radius 3 is 1.50 bits per heavy atom. The summed E-state index contributed by atoms with van der Waals surface area (Å²) in [6, 6.07) is 43.8. The van der Waals surface area contributed by atoms with Gasteiger partial charge >= 0.3 is 0 Å². The molecule has 2 aliphatic carbocycles. The first-order valence-corrected chi connectivity index (χ1v) is 15.6. The standard InChI is InChI=1S/C19H20N2Si.C15H15B/c1-3-7-16(8-4-1)19(22-18-11-12-18,21-14-13-20-15-21)17-9-5-2-6-10-17;1-3-7-13(8-4-1)16(15-11-12-15)14-9-5-2-6-10-14/h1-10,13-15,18H,11-12,22H2;1-10,15H,11-12H2. The lowest BCUT2D eigenvalue weighted by Gasteiger charge is -2.37. The van der Waals surface area contributed by atoms with Crippen molar-refractivity contribution in [2.24, 2.45) is 0 Å². The Kier molecular flexibility index (Phi) is 7.41. The highest BCUT2D eigenvalue weighted by atomic mass is 28.2. The van der Waals surface area contributed by atoms with Gasteiger partial charge in [0.15, 0.2) is 0 Å². The quantitative estimate of drug-likeness (QED) is 0.240. The van der Waals surface area contributed by atoms with E-state index in [2.05, 4.69) is 137 Å². The van der Waals surface area contributed by atoms with E-state index in [0.29, 0.717) is 6.71 Å². The van der Waals surface area contributed by atoms with Crippen LogP contribution in [-0.4, -0.2) is 25.8 Å². The van der Waals surface area contributed by atoms with Crippen molar-refractivity contribution in [2.75, 3.05) is 0 Å². The van der Waals surface area contributed by atoms with Crippen LogP contribution in [0.5, 0.6) is 0 Å². The molecule has 0 spiro atoms. The van der Waals surface area contributed by atoms with Crippen molar-refractivity contribution in [3.8, 4) is 0 Å². The maximum absolute atomic E-state index is 4.35. The molecule has 38 heavy (non-hydrogen) atoms. The molecule has 0 amide bonds. The minimum absolute atomic E-state index is 0.0137. The van der Waals surface area contributed by atoms with E-state index >= 15 is 0 Å². The number of hydrogen-bond donors (Lipinski definition) is 0. The maximum atomic E-state index is 4.35. The Bertz CT molecular complexity index is 1310. The van der Waals surface area contributed by atoms with E-state index in [1.165, 1.54) is 47.7 Å². The van der Waals surface area contributed by atoms with Crippen molar-refractivity contribution in [3.05, 3.63) is 151 Å². The SMILES string of the molecule is c1ccc(B(c2ccccc2)C2CC2)cc1.c1ccc(C([SiH2]C2CC2)(c2ccccc2)n2ccnc2)cc1. The average Bonchev–Trinajstić information content (AvgIpc) is 3.94. The summed E-state index contributed by atoms with van der Waals surface area (Å²) in [4.78, 5) is 4.35. The molecule has 4 aromatic carbocycles. The van der Waals surface area contributed by atoms with Crippen LogP contribution >= 0.6 is 0 Å². The molecule has 188 valence electrons. The summed E-state index contributed by atoms with van der Waals surface area (Å²) >= 11 is 0. The maximum Gasteiger partial charge on any atom is 0.212 e. The lowest BCUT2D eigenvalue weighted by Crippen LogP contribution is -2.42.